The first kappa shape index (κ1) is 17.1. The normalized spacial score (nSPS) is 10.3. The van der Waals surface area contributed by atoms with Gasteiger partial charge in [-0.2, -0.15) is 4.73 Å². The maximum atomic E-state index is 13.4. The van der Waals surface area contributed by atoms with Gasteiger partial charge >= 0.3 is 5.97 Å². The van der Waals surface area contributed by atoms with E-state index in [4.69, 9.17) is 9.94 Å². The van der Waals surface area contributed by atoms with E-state index in [-0.39, 0.29) is 0 Å². The number of carbonyl (C=O) groups is 2. The molecule has 24 heavy (non-hydrogen) atoms. The second-order valence-electron chi connectivity index (χ2n) is 4.40. The summed E-state index contributed by atoms with van der Waals surface area (Å²) < 4.78 is 39.7. The zero-order valence-corrected chi connectivity index (χ0v) is 11.8. The topological polar surface area (TPSA) is 97.6 Å². The summed E-state index contributed by atoms with van der Waals surface area (Å²) in [4.78, 5) is 38.9. The largest absolute Gasteiger partial charge is 0.477 e. The van der Waals surface area contributed by atoms with Crippen molar-refractivity contribution in [2.24, 2.45) is 0 Å². The van der Waals surface area contributed by atoms with Crippen molar-refractivity contribution in [3.05, 3.63) is 63.8 Å². The molecule has 2 N–H and O–H groups in total. The Labute approximate surface area is 131 Å². The molecular formula is C14H9F3N2O5. The number of amides is 1. The summed E-state index contributed by atoms with van der Waals surface area (Å²) in [7, 11) is 0. The lowest BCUT2D eigenvalue weighted by molar-refractivity contribution is -0.121. The Morgan fingerprint density at radius 3 is 2.54 bits per heavy atom. The van der Waals surface area contributed by atoms with Gasteiger partial charge in [0.15, 0.2) is 24.1 Å². The Kier molecular flexibility index (Phi) is 4.87. The van der Waals surface area contributed by atoms with Crippen molar-refractivity contribution < 1.29 is 32.7 Å². The van der Waals surface area contributed by atoms with Crippen molar-refractivity contribution >= 4 is 17.6 Å². The standard InChI is InChI=1S/C14H9F3N2O5/c15-8-3-4-9(12(17)11(8)16)18-10(20)6-24-19-5-1-2-7(13(19)21)14(22)23/h1-5H,6H2,(H,18,20)(H,22,23). The van der Waals surface area contributed by atoms with Crippen LogP contribution in [0.5, 0.6) is 0 Å². The van der Waals surface area contributed by atoms with Crippen LogP contribution in [0, 0.1) is 17.5 Å². The van der Waals surface area contributed by atoms with E-state index in [9.17, 15) is 27.6 Å². The second-order valence-corrected chi connectivity index (χ2v) is 4.40. The molecule has 7 nitrogen and oxygen atoms in total. The molecule has 1 aromatic carbocycles. The fourth-order valence-corrected chi connectivity index (χ4v) is 1.68. The number of nitrogens with one attached hydrogen (secondary N) is 1. The lowest BCUT2D eigenvalue weighted by Crippen LogP contribution is -2.34. The SMILES string of the molecule is O=C(COn1cccc(C(=O)O)c1=O)Nc1ccc(F)c(F)c1F. The fourth-order valence-electron chi connectivity index (χ4n) is 1.68. The van der Waals surface area contributed by atoms with E-state index in [1.807, 2.05) is 5.32 Å². The number of halogens is 3. The van der Waals surface area contributed by atoms with Crippen molar-refractivity contribution in [2.45, 2.75) is 0 Å². The van der Waals surface area contributed by atoms with Gasteiger partial charge in [-0.1, -0.05) is 0 Å². The van der Waals surface area contributed by atoms with E-state index in [0.29, 0.717) is 10.8 Å². The van der Waals surface area contributed by atoms with Gasteiger partial charge < -0.3 is 15.3 Å². The third kappa shape index (κ3) is 3.54. The molecule has 1 heterocycles. The van der Waals surface area contributed by atoms with Crippen LogP contribution in [0.4, 0.5) is 18.9 Å². The average Bonchev–Trinajstić information content (AvgIpc) is 2.54. The van der Waals surface area contributed by atoms with Crippen LogP contribution in [0.1, 0.15) is 10.4 Å². The predicted molar refractivity (Wildman–Crippen MR) is 74.1 cm³/mol. The Bertz CT molecular complexity index is 866. The summed E-state index contributed by atoms with van der Waals surface area (Å²) in [6.45, 7) is -0.804. The fraction of sp³-hybridized carbons (Fsp3) is 0.0714. The molecule has 1 aromatic heterocycles. The lowest BCUT2D eigenvalue weighted by Gasteiger charge is -2.10. The molecule has 0 bridgehead atoms. The van der Waals surface area contributed by atoms with Crippen LogP contribution in [0.2, 0.25) is 0 Å². The Hall–Kier alpha value is -3.30. The molecule has 0 saturated carbocycles. The minimum atomic E-state index is -1.75. The summed E-state index contributed by atoms with van der Waals surface area (Å²) in [6.07, 6.45) is 1.07. The first-order chi connectivity index (χ1) is 11.3. The van der Waals surface area contributed by atoms with Crippen molar-refractivity contribution in [2.75, 3.05) is 11.9 Å². The molecule has 2 aromatic rings. The summed E-state index contributed by atoms with van der Waals surface area (Å²) in [5, 5.41) is 10.7. The maximum absolute atomic E-state index is 13.4. The monoisotopic (exact) mass is 342 g/mol. The van der Waals surface area contributed by atoms with E-state index in [1.54, 1.807) is 0 Å². The van der Waals surface area contributed by atoms with E-state index in [0.717, 1.165) is 18.3 Å². The van der Waals surface area contributed by atoms with Crippen molar-refractivity contribution in [3.8, 4) is 0 Å². The summed E-state index contributed by atoms with van der Waals surface area (Å²) >= 11 is 0. The van der Waals surface area contributed by atoms with Crippen LogP contribution in [0.3, 0.4) is 0 Å². The van der Waals surface area contributed by atoms with Crippen molar-refractivity contribution in [1.29, 1.82) is 0 Å². The molecule has 0 saturated heterocycles. The number of benzene rings is 1. The molecule has 1 amide bonds. The Balaban J connectivity index is 2.07. The molecule has 0 aliphatic carbocycles. The molecule has 0 fully saturated rings. The highest BCUT2D eigenvalue weighted by Gasteiger charge is 2.16. The van der Waals surface area contributed by atoms with Crippen LogP contribution in [-0.4, -0.2) is 28.3 Å². The predicted octanol–water partition coefficient (Wildman–Crippen LogP) is 1.03. The van der Waals surface area contributed by atoms with E-state index < -0.39 is 52.7 Å². The smallest absolute Gasteiger partial charge is 0.341 e. The van der Waals surface area contributed by atoms with E-state index in [1.165, 1.54) is 6.07 Å². The molecule has 0 atom stereocenters. The third-order valence-corrected chi connectivity index (χ3v) is 2.79. The molecular weight excluding hydrogens is 333 g/mol. The number of hydrogen-bond acceptors (Lipinski definition) is 4. The van der Waals surface area contributed by atoms with Gasteiger partial charge in [-0.15, -0.1) is 0 Å². The van der Waals surface area contributed by atoms with Crippen LogP contribution < -0.4 is 15.7 Å². The van der Waals surface area contributed by atoms with Crippen LogP contribution in [0.25, 0.3) is 0 Å². The molecule has 0 radical (unpaired) electrons. The number of nitrogens with zero attached hydrogens (tertiary/aromatic N) is 1. The van der Waals surface area contributed by atoms with Crippen LogP contribution in [0.15, 0.2) is 35.3 Å². The summed E-state index contributed by atoms with van der Waals surface area (Å²) in [5.74, 6) is -7.22. The van der Waals surface area contributed by atoms with Gasteiger partial charge in [0.2, 0.25) is 0 Å². The van der Waals surface area contributed by atoms with Crippen LogP contribution >= 0.6 is 0 Å². The van der Waals surface area contributed by atoms with Crippen molar-refractivity contribution in [1.82, 2.24) is 4.73 Å². The number of carboxylic acid groups (broad SMARTS) is 1. The van der Waals surface area contributed by atoms with Gasteiger partial charge in [0, 0.05) is 6.20 Å². The van der Waals surface area contributed by atoms with Gasteiger partial charge in [-0.3, -0.25) is 9.59 Å². The lowest BCUT2D eigenvalue weighted by atomic mass is 10.3. The van der Waals surface area contributed by atoms with Gasteiger partial charge in [-0.25, -0.2) is 18.0 Å². The quantitative estimate of drug-likeness (QED) is 0.791. The highest BCUT2D eigenvalue weighted by atomic mass is 19.2. The third-order valence-electron chi connectivity index (χ3n) is 2.79. The number of aromatic nitrogens is 1. The van der Waals surface area contributed by atoms with E-state index >= 15 is 0 Å². The number of aromatic carboxylic acids is 1. The number of pyridine rings is 1. The Morgan fingerprint density at radius 1 is 1.17 bits per heavy atom. The summed E-state index contributed by atoms with van der Waals surface area (Å²) in [6, 6.07) is 3.68. The van der Waals surface area contributed by atoms with Gasteiger partial charge in [0.25, 0.3) is 11.5 Å². The number of anilines is 1. The van der Waals surface area contributed by atoms with Crippen molar-refractivity contribution in [3.63, 3.8) is 0 Å². The number of carboxylic acids is 1. The minimum Gasteiger partial charge on any atom is -0.477 e. The van der Waals surface area contributed by atoms with Gasteiger partial charge in [0.1, 0.15) is 5.56 Å². The van der Waals surface area contributed by atoms with Gasteiger partial charge in [0.05, 0.1) is 5.69 Å². The maximum Gasteiger partial charge on any atom is 0.341 e. The highest BCUT2D eigenvalue weighted by molar-refractivity contribution is 5.91. The first-order valence-electron chi connectivity index (χ1n) is 6.33. The minimum absolute atomic E-state index is 0.505. The average molecular weight is 342 g/mol. The van der Waals surface area contributed by atoms with E-state index in [2.05, 4.69) is 0 Å². The molecule has 0 aliphatic heterocycles. The second kappa shape index (κ2) is 6.86. The molecule has 126 valence electrons. The van der Waals surface area contributed by atoms with Crippen LogP contribution in [-0.2, 0) is 4.79 Å². The number of hydrogen-bond donors (Lipinski definition) is 2. The molecule has 0 unspecified atom stereocenters. The molecule has 10 heteroatoms. The Morgan fingerprint density at radius 2 is 1.88 bits per heavy atom. The molecule has 0 aliphatic rings. The number of rotatable bonds is 5. The van der Waals surface area contributed by atoms with Gasteiger partial charge in [-0.05, 0) is 24.3 Å². The zero-order chi connectivity index (χ0) is 17.9. The first-order valence-corrected chi connectivity index (χ1v) is 6.33. The summed E-state index contributed by atoms with van der Waals surface area (Å²) in [5.41, 5.74) is -2.21. The zero-order valence-electron chi connectivity index (χ0n) is 11.8. The highest BCUT2D eigenvalue weighted by Crippen LogP contribution is 2.19. The number of carbonyl (C=O) groups excluding carboxylic acids is 1. The molecule has 0 spiro atoms. The molecule has 2 rings (SSSR count).